The molecule has 0 saturated carbocycles. The average molecular weight is 325 g/mol. The highest BCUT2D eigenvalue weighted by Gasteiger charge is 2.42. The Labute approximate surface area is 113 Å². The molecular weight excluding hydrogens is 309 g/mol. The van der Waals surface area contributed by atoms with E-state index in [0.29, 0.717) is 0 Å². The quantitative estimate of drug-likeness (QED) is 0.876. The van der Waals surface area contributed by atoms with Crippen LogP contribution in [-0.4, -0.2) is 17.9 Å². The Kier molecular flexibility index (Phi) is 4.84. The topological polar surface area (TPSA) is 20.2 Å². The standard InChI is InChI=1S/C13H16BrF3O/c1-12(2,7-9(8-18)13(15,16)17)10-5-3-4-6-11(10)14/h3-6,9,18H,7-8H2,1-2H3. The van der Waals surface area contributed by atoms with E-state index in [4.69, 9.17) is 5.11 Å². The van der Waals surface area contributed by atoms with Gasteiger partial charge in [0.2, 0.25) is 0 Å². The Hall–Kier alpha value is -0.550. The smallest absolute Gasteiger partial charge is 0.394 e. The summed E-state index contributed by atoms with van der Waals surface area (Å²) in [6.07, 6.45) is -4.51. The Morgan fingerprint density at radius 3 is 2.22 bits per heavy atom. The minimum Gasteiger partial charge on any atom is -0.396 e. The molecule has 1 atom stereocenters. The van der Waals surface area contributed by atoms with E-state index in [-0.39, 0.29) is 6.42 Å². The van der Waals surface area contributed by atoms with Crippen molar-refractivity contribution in [1.29, 1.82) is 0 Å². The van der Waals surface area contributed by atoms with E-state index >= 15 is 0 Å². The molecule has 0 aliphatic carbocycles. The molecule has 0 aliphatic rings. The summed E-state index contributed by atoms with van der Waals surface area (Å²) in [4.78, 5) is 0. The summed E-state index contributed by atoms with van der Waals surface area (Å²) in [6.45, 7) is 2.63. The van der Waals surface area contributed by atoms with Crippen molar-refractivity contribution >= 4 is 15.9 Å². The fourth-order valence-corrected chi connectivity index (χ4v) is 2.84. The molecule has 0 heterocycles. The minimum atomic E-state index is -4.37. The zero-order chi connectivity index (χ0) is 14.0. The Morgan fingerprint density at radius 1 is 1.22 bits per heavy atom. The molecule has 0 saturated heterocycles. The molecule has 0 bridgehead atoms. The first-order chi connectivity index (χ1) is 8.18. The lowest BCUT2D eigenvalue weighted by Crippen LogP contribution is -2.33. The van der Waals surface area contributed by atoms with Crippen LogP contribution in [0.4, 0.5) is 13.2 Å². The lowest BCUT2D eigenvalue weighted by Gasteiger charge is -2.31. The zero-order valence-corrected chi connectivity index (χ0v) is 11.8. The molecule has 1 aromatic rings. The number of benzene rings is 1. The van der Waals surface area contributed by atoms with Crippen LogP contribution in [-0.2, 0) is 5.41 Å². The van der Waals surface area contributed by atoms with Gasteiger partial charge in [-0.25, -0.2) is 0 Å². The summed E-state index contributed by atoms with van der Waals surface area (Å²) in [5.74, 6) is -1.69. The van der Waals surface area contributed by atoms with Crippen molar-refractivity contribution in [2.75, 3.05) is 6.61 Å². The van der Waals surface area contributed by atoms with Crippen molar-refractivity contribution in [3.63, 3.8) is 0 Å². The highest BCUT2D eigenvalue weighted by atomic mass is 79.9. The lowest BCUT2D eigenvalue weighted by atomic mass is 9.77. The highest BCUT2D eigenvalue weighted by molar-refractivity contribution is 9.10. The van der Waals surface area contributed by atoms with Crippen LogP contribution in [0.5, 0.6) is 0 Å². The van der Waals surface area contributed by atoms with Crippen molar-refractivity contribution in [3.8, 4) is 0 Å². The van der Waals surface area contributed by atoms with Gasteiger partial charge in [0.25, 0.3) is 0 Å². The van der Waals surface area contributed by atoms with E-state index in [0.717, 1.165) is 10.0 Å². The van der Waals surface area contributed by atoms with Crippen LogP contribution < -0.4 is 0 Å². The van der Waals surface area contributed by atoms with Crippen LogP contribution in [0.15, 0.2) is 28.7 Å². The van der Waals surface area contributed by atoms with Gasteiger partial charge in [-0.3, -0.25) is 0 Å². The van der Waals surface area contributed by atoms with E-state index < -0.39 is 24.1 Å². The molecule has 1 rings (SSSR count). The van der Waals surface area contributed by atoms with E-state index in [9.17, 15) is 13.2 Å². The minimum absolute atomic E-state index is 0.143. The Morgan fingerprint density at radius 2 is 1.78 bits per heavy atom. The molecule has 102 valence electrons. The molecule has 0 aliphatic heterocycles. The van der Waals surface area contributed by atoms with Gasteiger partial charge in [0.1, 0.15) is 0 Å². The molecule has 0 aromatic heterocycles. The van der Waals surface area contributed by atoms with Gasteiger partial charge in [-0.15, -0.1) is 0 Å². The normalized spacial score (nSPS) is 14.6. The fraction of sp³-hybridized carbons (Fsp3) is 0.538. The first-order valence-corrected chi connectivity index (χ1v) is 6.40. The van der Waals surface area contributed by atoms with E-state index in [1.54, 1.807) is 32.0 Å². The van der Waals surface area contributed by atoms with Crippen molar-refractivity contribution < 1.29 is 18.3 Å². The third-order valence-corrected chi connectivity index (χ3v) is 3.73. The molecule has 0 amide bonds. The van der Waals surface area contributed by atoms with Gasteiger partial charge >= 0.3 is 6.18 Å². The van der Waals surface area contributed by atoms with E-state index in [1.807, 2.05) is 6.07 Å². The molecule has 0 spiro atoms. The SMILES string of the molecule is CC(C)(CC(CO)C(F)(F)F)c1ccccc1Br. The maximum Gasteiger partial charge on any atom is 0.394 e. The molecule has 1 aromatic carbocycles. The summed E-state index contributed by atoms with van der Waals surface area (Å²) in [6, 6.07) is 7.22. The number of aliphatic hydroxyl groups excluding tert-OH is 1. The van der Waals surface area contributed by atoms with Crippen LogP contribution in [0.3, 0.4) is 0 Å². The Balaban J connectivity index is 2.98. The van der Waals surface area contributed by atoms with Gasteiger partial charge in [-0.1, -0.05) is 48.0 Å². The second-order valence-electron chi connectivity index (χ2n) is 4.99. The summed E-state index contributed by atoms with van der Waals surface area (Å²) in [7, 11) is 0. The van der Waals surface area contributed by atoms with Crippen LogP contribution in [0.25, 0.3) is 0 Å². The maximum atomic E-state index is 12.7. The number of halogens is 4. The molecule has 1 nitrogen and oxygen atoms in total. The number of aliphatic hydroxyl groups is 1. The van der Waals surface area contributed by atoms with Gasteiger partial charge in [-0.05, 0) is 23.5 Å². The second-order valence-corrected chi connectivity index (χ2v) is 5.84. The first kappa shape index (κ1) is 15.5. The number of rotatable bonds is 4. The molecular formula is C13H16BrF3O. The van der Waals surface area contributed by atoms with Crippen LogP contribution in [0.1, 0.15) is 25.8 Å². The molecule has 5 heteroatoms. The summed E-state index contributed by atoms with van der Waals surface area (Å²) >= 11 is 3.35. The number of hydrogen-bond donors (Lipinski definition) is 1. The predicted molar refractivity (Wildman–Crippen MR) is 68.4 cm³/mol. The molecule has 18 heavy (non-hydrogen) atoms. The first-order valence-electron chi connectivity index (χ1n) is 5.61. The highest BCUT2D eigenvalue weighted by Crippen LogP contribution is 2.39. The maximum absolute atomic E-state index is 12.7. The summed E-state index contributed by atoms with van der Waals surface area (Å²) < 4.78 is 38.9. The van der Waals surface area contributed by atoms with Gasteiger partial charge in [-0.2, -0.15) is 13.2 Å². The van der Waals surface area contributed by atoms with Crippen molar-refractivity contribution in [2.45, 2.75) is 31.9 Å². The fourth-order valence-electron chi connectivity index (χ4n) is 2.02. The van der Waals surface area contributed by atoms with Gasteiger partial charge < -0.3 is 5.11 Å². The van der Waals surface area contributed by atoms with Crippen LogP contribution >= 0.6 is 15.9 Å². The van der Waals surface area contributed by atoms with E-state index in [1.165, 1.54) is 0 Å². The third-order valence-electron chi connectivity index (χ3n) is 3.04. The second kappa shape index (κ2) is 5.61. The predicted octanol–water partition coefficient (Wildman–Crippen LogP) is 4.29. The summed E-state index contributed by atoms with van der Waals surface area (Å²) in [5, 5.41) is 8.91. The van der Waals surface area contributed by atoms with Gasteiger partial charge in [0.05, 0.1) is 12.5 Å². The largest absolute Gasteiger partial charge is 0.396 e. The van der Waals surface area contributed by atoms with E-state index in [2.05, 4.69) is 15.9 Å². The van der Waals surface area contributed by atoms with Gasteiger partial charge in [0, 0.05) is 4.47 Å². The van der Waals surface area contributed by atoms with Crippen LogP contribution in [0, 0.1) is 5.92 Å². The van der Waals surface area contributed by atoms with Crippen molar-refractivity contribution in [1.82, 2.24) is 0 Å². The number of hydrogen-bond acceptors (Lipinski definition) is 1. The lowest BCUT2D eigenvalue weighted by molar-refractivity contribution is -0.188. The molecule has 0 fully saturated rings. The number of alkyl halides is 3. The van der Waals surface area contributed by atoms with Crippen LogP contribution in [0.2, 0.25) is 0 Å². The molecule has 1 unspecified atom stereocenters. The monoisotopic (exact) mass is 324 g/mol. The average Bonchev–Trinajstić information content (AvgIpc) is 2.24. The molecule has 1 N–H and O–H groups in total. The van der Waals surface area contributed by atoms with Gasteiger partial charge in [0.15, 0.2) is 0 Å². The van der Waals surface area contributed by atoms with Crippen molar-refractivity contribution in [2.24, 2.45) is 5.92 Å². The third kappa shape index (κ3) is 3.72. The molecule has 0 radical (unpaired) electrons. The zero-order valence-electron chi connectivity index (χ0n) is 10.3. The van der Waals surface area contributed by atoms with Crippen molar-refractivity contribution in [3.05, 3.63) is 34.3 Å². The Bertz CT molecular complexity index is 401. The summed E-state index contributed by atoms with van der Waals surface area (Å²) in [5.41, 5.74) is 0.149.